The van der Waals surface area contributed by atoms with Crippen LogP contribution in [0.4, 0.5) is 0 Å². The third-order valence-electron chi connectivity index (χ3n) is 6.04. The average molecular weight is 551 g/mol. The highest BCUT2D eigenvalue weighted by atomic mass is 28.3. The van der Waals surface area contributed by atoms with E-state index in [2.05, 4.69) is 32.6 Å². The summed E-state index contributed by atoms with van der Waals surface area (Å²) in [5, 5.41) is 9.57. The third-order valence-corrected chi connectivity index (χ3v) is 7.05. The SMILES string of the molecule is COc1cc(OC)c(C(=O)OC[Si](C)(C)C)c(/C=C/C[C@H]2OC(C)(C)O[C@@H]2C(C)/C=C\C[C@@H](C)O)c1OC. The van der Waals surface area contributed by atoms with E-state index in [9.17, 15) is 9.90 Å². The molecular weight excluding hydrogens is 504 g/mol. The highest BCUT2D eigenvalue weighted by Crippen LogP contribution is 2.41. The molecule has 2 rings (SSSR count). The molecule has 0 amide bonds. The van der Waals surface area contributed by atoms with Crippen LogP contribution in [0, 0.1) is 5.92 Å². The van der Waals surface area contributed by atoms with Gasteiger partial charge in [-0.2, -0.15) is 0 Å². The molecule has 0 aromatic heterocycles. The van der Waals surface area contributed by atoms with Crippen LogP contribution in [-0.4, -0.2) is 70.8 Å². The maximum atomic E-state index is 13.3. The highest BCUT2D eigenvalue weighted by Gasteiger charge is 2.42. The Hall–Kier alpha value is -2.33. The molecule has 1 aliphatic heterocycles. The largest absolute Gasteiger partial charge is 0.496 e. The number of carbonyl (C=O) groups is 1. The van der Waals surface area contributed by atoms with Gasteiger partial charge in [0.1, 0.15) is 11.3 Å². The topological polar surface area (TPSA) is 92.7 Å². The molecule has 0 radical (unpaired) electrons. The molecule has 1 aromatic carbocycles. The molecule has 0 aliphatic carbocycles. The van der Waals surface area contributed by atoms with Crippen LogP contribution in [0.3, 0.4) is 0 Å². The Bertz CT molecular complexity index is 993. The molecule has 0 saturated carbocycles. The van der Waals surface area contributed by atoms with Crippen molar-refractivity contribution in [2.45, 2.75) is 84.3 Å². The van der Waals surface area contributed by atoms with Crippen LogP contribution in [0.15, 0.2) is 24.3 Å². The third kappa shape index (κ3) is 8.86. The number of esters is 1. The Morgan fingerprint density at radius 3 is 2.29 bits per heavy atom. The second kappa shape index (κ2) is 13.6. The van der Waals surface area contributed by atoms with E-state index in [1.54, 1.807) is 13.0 Å². The van der Waals surface area contributed by atoms with Crippen LogP contribution in [0.1, 0.15) is 56.5 Å². The van der Waals surface area contributed by atoms with Gasteiger partial charge in [0.05, 0.1) is 53.9 Å². The van der Waals surface area contributed by atoms with E-state index < -0.39 is 25.9 Å². The fourth-order valence-electron chi connectivity index (χ4n) is 4.29. The summed E-state index contributed by atoms with van der Waals surface area (Å²) in [5.74, 6) is 0.0903. The van der Waals surface area contributed by atoms with Crippen molar-refractivity contribution in [3.05, 3.63) is 35.4 Å². The molecule has 8 nitrogen and oxygen atoms in total. The quantitative estimate of drug-likeness (QED) is 0.192. The molecule has 1 fully saturated rings. The van der Waals surface area contributed by atoms with E-state index in [1.807, 2.05) is 32.1 Å². The first-order chi connectivity index (χ1) is 17.7. The lowest BCUT2D eigenvalue weighted by Gasteiger charge is -2.21. The van der Waals surface area contributed by atoms with Crippen LogP contribution in [0.2, 0.25) is 19.6 Å². The molecule has 38 heavy (non-hydrogen) atoms. The second-order valence-corrected chi connectivity index (χ2v) is 16.8. The van der Waals surface area contributed by atoms with Gasteiger partial charge in [-0.05, 0) is 33.6 Å². The number of benzene rings is 1. The van der Waals surface area contributed by atoms with Crippen molar-refractivity contribution in [1.82, 2.24) is 0 Å². The average Bonchev–Trinajstić information content (AvgIpc) is 3.15. The van der Waals surface area contributed by atoms with Crippen molar-refractivity contribution in [3.8, 4) is 17.2 Å². The van der Waals surface area contributed by atoms with Crippen LogP contribution < -0.4 is 14.2 Å². The zero-order chi connectivity index (χ0) is 28.7. The predicted molar refractivity (Wildman–Crippen MR) is 152 cm³/mol. The Morgan fingerprint density at radius 1 is 1.08 bits per heavy atom. The smallest absolute Gasteiger partial charge is 0.342 e. The number of ether oxygens (including phenoxy) is 6. The molecule has 0 spiro atoms. The fraction of sp³-hybridized carbons (Fsp3) is 0.621. The first-order valence-corrected chi connectivity index (χ1v) is 16.8. The molecule has 1 aliphatic rings. The van der Waals surface area contributed by atoms with Crippen molar-refractivity contribution in [1.29, 1.82) is 0 Å². The van der Waals surface area contributed by atoms with Gasteiger partial charge in [-0.15, -0.1) is 0 Å². The normalized spacial score (nSPS) is 21.0. The summed E-state index contributed by atoms with van der Waals surface area (Å²) in [5.41, 5.74) is 0.804. The van der Waals surface area contributed by atoms with Crippen LogP contribution in [0.25, 0.3) is 6.08 Å². The van der Waals surface area contributed by atoms with Gasteiger partial charge >= 0.3 is 5.97 Å². The summed E-state index contributed by atoms with van der Waals surface area (Å²) in [6.45, 7) is 14.0. The van der Waals surface area contributed by atoms with E-state index in [-0.39, 0.29) is 23.7 Å². The lowest BCUT2D eigenvalue weighted by Crippen LogP contribution is -2.30. The van der Waals surface area contributed by atoms with Crippen molar-refractivity contribution in [2.75, 3.05) is 27.6 Å². The molecule has 1 unspecified atom stereocenters. The summed E-state index contributed by atoms with van der Waals surface area (Å²) in [4.78, 5) is 13.3. The molecule has 1 aromatic rings. The Kier molecular flexibility index (Phi) is 11.4. The number of rotatable bonds is 13. The summed E-state index contributed by atoms with van der Waals surface area (Å²) >= 11 is 0. The molecule has 9 heteroatoms. The molecule has 214 valence electrons. The summed E-state index contributed by atoms with van der Waals surface area (Å²) in [6.07, 6.45) is 8.53. The summed E-state index contributed by atoms with van der Waals surface area (Å²) < 4.78 is 34.9. The molecule has 1 N–H and O–H groups in total. The molecule has 1 heterocycles. The van der Waals surface area contributed by atoms with E-state index in [0.29, 0.717) is 41.9 Å². The van der Waals surface area contributed by atoms with Gasteiger partial charge in [0.25, 0.3) is 0 Å². The lowest BCUT2D eigenvalue weighted by atomic mass is 9.96. The number of methoxy groups -OCH3 is 3. The molecular formula is C29H46O8Si. The Balaban J connectivity index is 2.40. The Labute approximate surface area is 228 Å². The summed E-state index contributed by atoms with van der Waals surface area (Å²) in [6, 6.07) is 1.63. The Morgan fingerprint density at radius 2 is 1.74 bits per heavy atom. The number of aliphatic hydroxyl groups is 1. The van der Waals surface area contributed by atoms with Gasteiger partial charge in [-0.3, -0.25) is 0 Å². The van der Waals surface area contributed by atoms with E-state index in [0.717, 1.165) is 0 Å². The zero-order valence-corrected chi connectivity index (χ0v) is 25.6. The maximum absolute atomic E-state index is 13.3. The lowest BCUT2D eigenvalue weighted by molar-refractivity contribution is -0.148. The maximum Gasteiger partial charge on any atom is 0.342 e. The number of aliphatic hydroxyl groups excluding tert-OH is 1. The van der Waals surface area contributed by atoms with Crippen molar-refractivity contribution in [3.63, 3.8) is 0 Å². The van der Waals surface area contributed by atoms with Gasteiger partial charge in [0.2, 0.25) is 0 Å². The van der Waals surface area contributed by atoms with Crippen LogP contribution in [-0.2, 0) is 14.2 Å². The van der Waals surface area contributed by atoms with Crippen LogP contribution >= 0.6 is 0 Å². The van der Waals surface area contributed by atoms with Gasteiger partial charge < -0.3 is 33.5 Å². The van der Waals surface area contributed by atoms with Crippen molar-refractivity contribution < 1.29 is 38.3 Å². The molecule has 4 atom stereocenters. The number of hydrogen-bond donors (Lipinski definition) is 1. The predicted octanol–water partition coefficient (Wildman–Crippen LogP) is 5.63. The first-order valence-electron chi connectivity index (χ1n) is 13.1. The minimum Gasteiger partial charge on any atom is -0.496 e. The first kappa shape index (κ1) is 31.9. The highest BCUT2D eigenvalue weighted by molar-refractivity contribution is 6.76. The zero-order valence-electron chi connectivity index (χ0n) is 24.6. The molecule has 1 saturated heterocycles. The summed E-state index contributed by atoms with van der Waals surface area (Å²) in [7, 11) is 2.94. The molecule has 0 bridgehead atoms. The monoisotopic (exact) mass is 550 g/mol. The number of carbonyl (C=O) groups excluding carboxylic acids is 1. The van der Waals surface area contributed by atoms with Crippen molar-refractivity contribution in [2.24, 2.45) is 5.92 Å². The fourth-order valence-corrected chi connectivity index (χ4v) is 4.86. The standard InChI is InChI=1S/C29H46O8Si/c1-19(13-11-14-20(2)30)26-22(36-29(3,4)37-26)16-12-15-21-25(28(31)35-18-38(8,9)10)23(32-5)17-24(33-6)27(21)34-7/h11-13,15,17,19-20,22,26,30H,14,16,18H2,1-10H3/b13-11-,15-12+/t19?,20-,22-,26-/m1/s1. The van der Waals surface area contributed by atoms with Crippen molar-refractivity contribution >= 4 is 20.1 Å². The second-order valence-electron chi connectivity index (χ2n) is 11.4. The van der Waals surface area contributed by atoms with E-state index >= 15 is 0 Å². The van der Waals surface area contributed by atoms with Gasteiger partial charge in [0, 0.05) is 17.5 Å². The number of hydrogen-bond acceptors (Lipinski definition) is 8. The van der Waals surface area contributed by atoms with Gasteiger partial charge in [0.15, 0.2) is 17.3 Å². The van der Waals surface area contributed by atoms with Crippen LogP contribution in [0.5, 0.6) is 17.2 Å². The minimum atomic E-state index is -1.64. The minimum absolute atomic E-state index is 0.0764. The van der Waals surface area contributed by atoms with E-state index in [1.165, 1.54) is 21.3 Å². The van der Waals surface area contributed by atoms with Gasteiger partial charge in [-0.1, -0.05) is 50.9 Å². The van der Waals surface area contributed by atoms with E-state index in [4.69, 9.17) is 28.4 Å². The van der Waals surface area contributed by atoms with Gasteiger partial charge in [-0.25, -0.2) is 4.79 Å².